The summed E-state index contributed by atoms with van der Waals surface area (Å²) >= 11 is 6.49. The third-order valence-corrected chi connectivity index (χ3v) is 8.81. The van der Waals surface area contributed by atoms with E-state index in [-0.39, 0.29) is 10.8 Å². The first-order valence-corrected chi connectivity index (χ1v) is 12.4. The van der Waals surface area contributed by atoms with Crippen molar-refractivity contribution in [2.45, 2.75) is 29.8 Å². The van der Waals surface area contributed by atoms with Gasteiger partial charge in [0.25, 0.3) is 5.91 Å². The van der Waals surface area contributed by atoms with Gasteiger partial charge in [0, 0.05) is 28.5 Å². The monoisotopic (exact) mass is 501 g/mol. The Hall–Kier alpha value is -3.55. The SMILES string of the molecule is O=C(c1ccccc1Cl)[C@@H]1[C@@H]2CCCN2[C@]2(C(=O)Nc3ccc(F)cc32)[C@@]12C(=O)Nc1ccccc12. The van der Waals surface area contributed by atoms with E-state index in [9.17, 15) is 18.8 Å². The van der Waals surface area contributed by atoms with E-state index in [2.05, 4.69) is 10.6 Å². The predicted molar refractivity (Wildman–Crippen MR) is 132 cm³/mol. The Kier molecular flexibility index (Phi) is 4.37. The van der Waals surface area contributed by atoms with Crippen molar-refractivity contribution in [1.29, 1.82) is 0 Å². The van der Waals surface area contributed by atoms with Crippen molar-refractivity contribution < 1.29 is 18.8 Å². The van der Waals surface area contributed by atoms with Crippen LogP contribution in [0.1, 0.15) is 34.3 Å². The zero-order valence-electron chi connectivity index (χ0n) is 19.1. The van der Waals surface area contributed by atoms with Gasteiger partial charge in [-0.2, -0.15) is 0 Å². The van der Waals surface area contributed by atoms with Crippen LogP contribution in [0.3, 0.4) is 0 Å². The van der Waals surface area contributed by atoms with Gasteiger partial charge >= 0.3 is 0 Å². The van der Waals surface area contributed by atoms with Crippen molar-refractivity contribution in [2.24, 2.45) is 5.92 Å². The van der Waals surface area contributed by atoms with Gasteiger partial charge in [-0.1, -0.05) is 41.9 Å². The van der Waals surface area contributed by atoms with Crippen LogP contribution < -0.4 is 10.6 Å². The van der Waals surface area contributed by atoms with Crippen LogP contribution >= 0.6 is 11.6 Å². The minimum atomic E-state index is -1.62. The van der Waals surface area contributed by atoms with E-state index in [1.165, 1.54) is 18.2 Å². The maximum atomic E-state index is 14.8. The van der Waals surface area contributed by atoms with Gasteiger partial charge in [-0.15, -0.1) is 0 Å². The fourth-order valence-corrected chi connectivity index (χ4v) is 7.61. The van der Waals surface area contributed by atoms with Crippen LogP contribution in [0.15, 0.2) is 66.7 Å². The second-order valence-corrected chi connectivity index (χ2v) is 10.3. The number of para-hydroxylation sites is 1. The van der Waals surface area contributed by atoms with E-state index in [1.54, 1.807) is 48.5 Å². The van der Waals surface area contributed by atoms with Crippen LogP contribution in [0.25, 0.3) is 0 Å². The molecule has 3 aromatic carbocycles. The molecule has 0 aliphatic carbocycles. The van der Waals surface area contributed by atoms with Crippen LogP contribution in [0.5, 0.6) is 0 Å². The van der Waals surface area contributed by atoms with Crippen LogP contribution in [-0.4, -0.2) is 35.1 Å². The number of nitrogens with zero attached hydrogens (tertiary/aromatic N) is 1. The molecule has 4 aliphatic rings. The highest BCUT2D eigenvalue weighted by Crippen LogP contribution is 2.67. The third kappa shape index (κ3) is 2.33. The zero-order chi connectivity index (χ0) is 24.8. The molecule has 2 N–H and O–H groups in total. The van der Waals surface area contributed by atoms with Crippen LogP contribution in [0.2, 0.25) is 5.02 Å². The first-order valence-electron chi connectivity index (χ1n) is 12.0. The minimum Gasteiger partial charge on any atom is -0.325 e. The lowest BCUT2D eigenvalue weighted by atomic mass is 9.57. The van der Waals surface area contributed by atoms with E-state index in [1.807, 2.05) is 4.90 Å². The number of nitrogens with one attached hydrogen (secondary N) is 2. The number of amides is 2. The molecule has 4 atom stereocenters. The number of fused-ring (bicyclic) bond motifs is 7. The number of anilines is 2. The smallest absolute Gasteiger partial charge is 0.251 e. The Labute approximate surface area is 211 Å². The molecule has 2 fully saturated rings. The van der Waals surface area contributed by atoms with Crippen LogP contribution in [0, 0.1) is 11.7 Å². The normalized spacial score (nSPS) is 29.8. The number of benzene rings is 3. The van der Waals surface area contributed by atoms with E-state index in [4.69, 9.17) is 11.6 Å². The molecule has 0 unspecified atom stereocenters. The maximum absolute atomic E-state index is 14.8. The Morgan fingerprint density at radius 2 is 1.67 bits per heavy atom. The van der Waals surface area contributed by atoms with Crippen molar-refractivity contribution in [2.75, 3.05) is 17.2 Å². The molecule has 4 aliphatic heterocycles. The Balaban J connectivity index is 1.61. The van der Waals surface area contributed by atoms with Gasteiger partial charge in [-0.3, -0.25) is 19.3 Å². The lowest BCUT2D eigenvalue weighted by molar-refractivity contribution is -0.137. The van der Waals surface area contributed by atoms with Crippen molar-refractivity contribution in [3.63, 3.8) is 0 Å². The van der Waals surface area contributed by atoms with Crippen molar-refractivity contribution in [1.82, 2.24) is 4.90 Å². The lowest BCUT2D eigenvalue weighted by Gasteiger charge is -2.43. The molecule has 180 valence electrons. The van der Waals surface area contributed by atoms with Gasteiger partial charge in [0.1, 0.15) is 16.8 Å². The molecule has 4 heterocycles. The average molecular weight is 502 g/mol. The Morgan fingerprint density at radius 1 is 0.944 bits per heavy atom. The second-order valence-electron chi connectivity index (χ2n) is 9.89. The van der Waals surface area contributed by atoms with Gasteiger partial charge in [0.2, 0.25) is 5.91 Å². The number of carbonyl (C=O) groups excluding carboxylic acids is 3. The number of carbonyl (C=O) groups is 3. The Bertz CT molecular complexity index is 1510. The molecule has 6 nitrogen and oxygen atoms in total. The largest absolute Gasteiger partial charge is 0.325 e. The number of hydrogen-bond donors (Lipinski definition) is 2. The molecule has 0 saturated carbocycles. The summed E-state index contributed by atoms with van der Waals surface area (Å²) in [5.74, 6) is -2.57. The molecule has 3 aromatic rings. The summed E-state index contributed by atoms with van der Waals surface area (Å²) in [5.41, 5.74) is -0.935. The van der Waals surface area contributed by atoms with E-state index >= 15 is 0 Å². The molecular formula is C28H21ClFN3O3. The predicted octanol–water partition coefficient (Wildman–Crippen LogP) is 4.49. The molecule has 36 heavy (non-hydrogen) atoms. The van der Waals surface area contributed by atoms with Gasteiger partial charge in [0.05, 0.1) is 10.9 Å². The summed E-state index contributed by atoms with van der Waals surface area (Å²) in [6.07, 6.45) is 1.37. The summed E-state index contributed by atoms with van der Waals surface area (Å²) < 4.78 is 14.8. The fourth-order valence-electron chi connectivity index (χ4n) is 7.38. The van der Waals surface area contributed by atoms with Crippen molar-refractivity contribution in [3.8, 4) is 0 Å². The highest BCUT2D eigenvalue weighted by atomic mass is 35.5. The number of Topliss-reactive ketones (excluding diaryl/α,β-unsaturated/α-hetero) is 1. The van der Waals surface area contributed by atoms with Gasteiger partial charge in [0.15, 0.2) is 5.78 Å². The van der Waals surface area contributed by atoms with Gasteiger partial charge < -0.3 is 10.6 Å². The van der Waals surface area contributed by atoms with E-state index < -0.39 is 40.5 Å². The molecule has 2 spiro atoms. The maximum Gasteiger partial charge on any atom is 0.251 e. The van der Waals surface area contributed by atoms with E-state index in [0.717, 1.165) is 6.42 Å². The first-order chi connectivity index (χ1) is 17.4. The highest BCUT2D eigenvalue weighted by Gasteiger charge is 2.81. The molecule has 0 radical (unpaired) electrons. The molecule has 8 heteroatoms. The standard InChI is InChI=1S/C28H21ClFN3O3/c29-19-8-3-1-6-16(19)24(34)23-22-10-5-13-33(22)28(18-14-15(30)11-12-21(18)32-26(28)36)27(23)17-7-2-4-9-20(17)31-25(27)35/h1-4,6-9,11-12,14,22-23H,5,10,13H2,(H,31,35)(H,32,36)/t22-,23-,27+,28+/m0/s1. The summed E-state index contributed by atoms with van der Waals surface area (Å²) in [6.45, 7) is 0.498. The summed E-state index contributed by atoms with van der Waals surface area (Å²) in [7, 11) is 0. The zero-order valence-corrected chi connectivity index (χ0v) is 19.8. The van der Waals surface area contributed by atoms with Crippen LogP contribution in [0.4, 0.5) is 15.8 Å². The molecule has 2 amide bonds. The minimum absolute atomic E-state index is 0.289. The second kappa shape index (κ2) is 7.24. The number of halogens is 2. The quantitative estimate of drug-likeness (QED) is 0.507. The molecule has 0 aromatic heterocycles. The summed E-state index contributed by atoms with van der Waals surface area (Å²) in [4.78, 5) is 45.0. The van der Waals surface area contributed by atoms with Gasteiger partial charge in [-0.05, 0) is 61.3 Å². The van der Waals surface area contributed by atoms with Crippen LogP contribution in [-0.2, 0) is 20.5 Å². The number of rotatable bonds is 2. The molecular weight excluding hydrogens is 481 g/mol. The lowest BCUT2D eigenvalue weighted by Crippen LogP contribution is -2.62. The van der Waals surface area contributed by atoms with Crippen molar-refractivity contribution in [3.05, 3.63) is 94.3 Å². The first kappa shape index (κ1) is 21.7. The average Bonchev–Trinajstić information content (AvgIpc) is 3.58. The molecule has 0 bridgehead atoms. The number of hydrogen-bond acceptors (Lipinski definition) is 4. The number of ketones is 1. The molecule has 2 saturated heterocycles. The van der Waals surface area contributed by atoms with Gasteiger partial charge in [-0.25, -0.2) is 4.39 Å². The summed E-state index contributed by atoms with van der Waals surface area (Å²) in [6, 6.07) is 17.7. The summed E-state index contributed by atoms with van der Waals surface area (Å²) in [5, 5.41) is 6.17. The Morgan fingerprint density at radius 3 is 2.50 bits per heavy atom. The van der Waals surface area contributed by atoms with Crippen molar-refractivity contribution >= 4 is 40.6 Å². The highest BCUT2D eigenvalue weighted by molar-refractivity contribution is 6.34. The molecule has 7 rings (SSSR count). The fraction of sp³-hybridized carbons (Fsp3) is 0.250. The topological polar surface area (TPSA) is 78.5 Å². The third-order valence-electron chi connectivity index (χ3n) is 8.48. The van der Waals surface area contributed by atoms with E-state index in [0.29, 0.717) is 41.0 Å².